The first-order valence-electron chi connectivity index (χ1n) is 7.35. The number of rotatable bonds is 2. The summed E-state index contributed by atoms with van der Waals surface area (Å²) < 4.78 is 0. The predicted molar refractivity (Wildman–Crippen MR) is 88.6 cm³/mol. The third kappa shape index (κ3) is 2.14. The van der Waals surface area contributed by atoms with Crippen LogP contribution in [0.25, 0.3) is 12.2 Å². The van der Waals surface area contributed by atoms with Crippen molar-refractivity contribution in [1.29, 1.82) is 0 Å². The van der Waals surface area contributed by atoms with Crippen LogP contribution in [0.15, 0.2) is 36.4 Å². The van der Waals surface area contributed by atoms with Crippen molar-refractivity contribution in [2.24, 2.45) is 0 Å². The lowest BCUT2D eigenvalue weighted by Gasteiger charge is -2.23. The van der Waals surface area contributed by atoms with Crippen LogP contribution in [0.2, 0.25) is 0 Å². The lowest BCUT2D eigenvalue weighted by atomic mass is 10.0. The Morgan fingerprint density at radius 2 is 1.85 bits per heavy atom. The molecule has 0 saturated carbocycles. The van der Waals surface area contributed by atoms with Crippen LogP contribution in [0.5, 0.6) is 0 Å². The minimum Gasteiger partial charge on any atom is -0.344 e. The van der Waals surface area contributed by atoms with Gasteiger partial charge in [-0.15, -0.1) is 0 Å². The molecule has 0 saturated heterocycles. The Morgan fingerprint density at radius 1 is 1.00 bits per heavy atom. The molecule has 0 bridgehead atoms. The van der Waals surface area contributed by atoms with Gasteiger partial charge < -0.3 is 4.90 Å². The molecule has 1 nitrogen and oxygen atoms in total. The van der Waals surface area contributed by atoms with Crippen molar-refractivity contribution in [3.05, 3.63) is 58.7 Å². The third-order valence-electron chi connectivity index (χ3n) is 4.03. The number of nitrogens with zero attached hydrogens (tertiary/aromatic N) is 1. The van der Waals surface area contributed by atoms with E-state index in [0.717, 1.165) is 6.42 Å². The van der Waals surface area contributed by atoms with Gasteiger partial charge in [0.25, 0.3) is 0 Å². The molecule has 0 aromatic heterocycles. The van der Waals surface area contributed by atoms with E-state index in [1.165, 1.54) is 40.0 Å². The lowest BCUT2D eigenvalue weighted by molar-refractivity contribution is 0.918. The zero-order chi connectivity index (χ0) is 14.1. The molecule has 1 heteroatoms. The molecule has 102 valence electrons. The molecule has 0 aliphatic carbocycles. The molecule has 1 heterocycles. The van der Waals surface area contributed by atoms with Crippen molar-refractivity contribution < 1.29 is 0 Å². The molecule has 0 spiro atoms. The highest BCUT2D eigenvalue weighted by atomic mass is 15.1. The van der Waals surface area contributed by atoms with Gasteiger partial charge in [-0.25, -0.2) is 0 Å². The molecule has 0 N–H and O–H groups in total. The van der Waals surface area contributed by atoms with Crippen molar-refractivity contribution >= 4 is 23.5 Å². The largest absolute Gasteiger partial charge is 0.344 e. The van der Waals surface area contributed by atoms with E-state index in [0.29, 0.717) is 0 Å². The zero-order valence-corrected chi connectivity index (χ0v) is 12.5. The summed E-state index contributed by atoms with van der Waals surface area (Å²) in [6.07, 6.45) is 6.85. The fraction of sp³-hybridized carbons (Fsp3) is 0.263. The number of fused-ring (bicyclic) bond motifs is 2. The number of hydrogen-bond donors (Lipinski definition) is 0. The predicted octanol–water partition coefficient (Wildman–Crippen LogP) is 5.20. The summed E-state index contributed by atoms with van der Waals surface area (Å²) in [5.74, 6) is 0. The van der Waals surface area contributed by atoms with Crippen molar-refractivity contribution in [2.45, 2.75) is 26.7 Å². The molecule has 2 aromatic rings. The van der Waals surface area contributed by atoms with Gasteiger partial charge in [-0.1, -0.05) is 49.3 Å². The number of hydrogen-bond acceptors (Lipinski definition) is 1. The standard InChI is InChI=1S/C19H21N/c1-4-6-15-7-5-8-19-17(15)11-10-16-13-14(2)9-12-18(16)20(19)3/h5,7-13H,4,6H2,1-3H3. The summed E-state index contributed by atoms with van der Waals surface area (Å²) in [5.41, 5.74) is 7.99. The molecule has 0 amide bonds. The number of benzene rings is 2. The van der Waals surface area contributed by atoms with Crippen LogP contribution >= 0.6 is 0 Å². The summed E-state index contributed by atoms with van der Waals surface area (Å²) in [7, 11) is 2.16. The van der Waals surface area contributed by atoms with Crippen LogP contribution in [-0.4, -0.2) is 7.05 Å². The van der Waals surface area contributed by atoms with Crippen LogP contribution in [0.1, 0.15) is 35.6 Å². The van der Waals surface area contributed by atoms with Gasteiger partial charge >= 0.3 is 0 Å². The van der Waals surface area contributed by atoms with Crippen molar-refractivity contribution in [3.63, 3.8) is 0 Å². The smallest absolute Gasteiger partial charge is 0.0484 e. The summed E-state index contributed by atoms with van der Waals surface area (Å²) >= 11 is 0. The second kappa shape index (κ2) is 5.16. The quantitative estimate of drug-likeness (QED) is 0.720. The van der Waals surface area contributed by atoms with Gasteiger partial charge in [-0.3, -0.25) is 0 Å². The van der Waals surface area contributed by atoms with E-state index in [2.05, 4.69) is 74.3 Å². The van der Waals surface area contributed by atoms with Crippen molar-refractivity contribution in [1.82, 2.24) is 0 Å². The Balaban J connectivity index is 2.19. The monoisotopic (exact) mass is 263 g/mol. The molecule has 0 radical (unpaired) electrons. The Hall–Kier alpha value is -2.02. The summed E-state index contributed by atoms with van der Waals surface area (Å²) in [6.45, 7) is 4.39. The molecule has 3 rings (SSSR count). The van der Waals surface area contributed by atoms with E-state index in [4.69, 9.17) is 0 Å². The summed E-state index contributed by atoms with van der Waals surface area (Å²) in [6, 6.07) is 13.3. The SMILES string of the molecule is CCCc1cccc2c1C=Cc1cc(C)ccc1N2C. The van der Waals surface area contributed by atoms with Gasteiger partial charge in [-0.05, 0) is 42.7 Å². The molecule has 0 atom stereocenters. The Kier molecular flexibility index (Phi) is 3.35. The van der Waals surface area contributed by atoms with Crippen molar-refractivity contribution in [2.75, 3.05) is 11.9 Å². The van der Waals surface area contributed by atoms with Gasteiger partial charge in [0.05, 0.1) is 0 Å². The maximum atomic E-state index is 2.31. The molecule has 1 aliphatic rings. The second-order valence-corrected chi connectivity index (χ2v) is 5.55. The molecule has 2 aromatic carbocycles. The van der Waals surface area contributed by atoms with Crippen LogP contribution < -0.4 is 4.90 Å². The number of aryl methyl sites for hydroxylation is 2. The van der Waals surface area contributed by atoms with Crippen molar-refractivity contribution in [3.8, 4) is 0 Å². The normalized spacial score (nSPS) is 12.8. The fourth-order valence-electron chi connectivity index (χ4n) is 2.99. The molecule has 20 heavy (non-hydrogen) atoms. The molecular formula is C19H21N. The average Bonchev–Trinajstić information content (AvgIpc) is 2.58. The van der Waals surface area contributed by atoms with Crippen LogP contribution in [0.4, 0.5) is 11.4 Å². The first-order chi connectivity index (χ1) is 9.70. The highest BCUT2D eigenvalue weighted by molar-refractivity contribution is 5.89. The third-order valence-corrected chi connectivity index (χ3v) is 4.03. The van der Waals surface area contributed by atoms with Gasteiger partial charge in [0.1, 0.15) is 0 Å². The number of anilines is 2. The van der Waals surface area contributed by atoms with E-state index >= 15 is 0 Å². The average molecular weight is 263 g/mol. The minimum atomic E-state index is 1.14. The van der Waals surface area contributed by atoms with E-state index in [-0.39, 0.29) is 0 Å². The van der Waals surface area contributed by atoms with Crippen LogP contribution in [0.3, 0.4) is 0 Å². The lowest BCUT2D eigenvalue weighted by Crippen LogP contribution is -2.12. The maximum absolute atomic E-state index is 2.31. The van der Waals surface area contributed by atoms with Gasteiger partial charge in [0, 0.05) is 24.0 Å². The highest BCUT2D eigenvalue weighted by Crippen LogP contribution is 2.37. The first kappa shape index (κ1) is 13.0. The molecule has 1 aliphatic heterocycles. The Morgan fingerprint density at radius 3 is 2.65 bits per heavy atom. The molecule has 0 fully saturated rings. The maximum Gasteiger partial charge on any atom is 0.0484 e. The van der Waals surface area contributed by atoms with E-state index < -0.39 is 0 Å². The summed E-state index contributed by atoms with van der Waals surface area (Å²) in [4.78, 5) is 2.31. The Bertz CT molecular complexity index is 667. The molecule has 0 unspecified atom stereocenters. The molecular weight excluding hydrogens is 242 g/mol. The topological polar surface area (TPSA) is 3.24 Å². The van der Waals surface area contributed by atoms with Crippen LogP contribution in [0, 0.1) is 6.92 Å². The van der Waals surface area contributed by atoms with Gasteiger partial charge in [-0.2, -0.15) is 0 Å². The zero-order valence-electron chi connectivity index (χ0n) is 12.5. The van der Waals surface area contributed by atoms with E-state index in [9.17, 15) is 0 Å². The van der Waals surface area contributed by atoms with Gasteiger partial charge in [0.2, 0.25) is 0 Å². The summed E-state index contributed by atoms with van der Waals surface area (Å²) in [5, 5.41) is 0. The van der Waals surface area contributed by atoms with Gasteiger partial charge in [0.15, 0.2) is 0 Å². The van der Waals surface area contributed by atoms with E-state index in [1.54, 1.807) is 0 Å². The Labute approximate surface area is 121 Å². The van der Waals surface area contributed by atoms with E-state index in [1.807, 2.05) is 0 Å². The minimum absolute atomic E-state index is 1.14. The van der Waals surface area contributed by atoms with Crippen LogP contribution in [-0.2, 0) is 6.42 Å². The second-order valence-electron chi connectivity index (χ2n) is 5.55. The first-order valence-corrected chi connectivity index (χ1v) is 7.35. The highest BCUT2D eigenvalue weighted by Gasteiger charge is 2.16. The fourth-order valence-corrected chi connectivity index (χ4v) is 2.99.